The second-order valence-electron chi connectivity index (χ2n) is 2.48. The van der Waals surface area contributed by atoms with Gasteiger partial charge in [0, 0.05) is 0 Å². The van der Waals surface area contributed by atoms with E-state index in [1.807, 2.05) is 0 Å². The quantitative estimate of drug-likeness (QED) is 0.557. The SMILES string of the molecule is NCc1ncc(S(=O)(=O)O)c(C(=O)O)n1. The van der Waals surface area contributed by atoms with E-state index < -0.39 is 26.7 Å². The molecule has 4 N–H and O–H groups in total. The third-order valence-electron chi connectivity index (χ3n) is 1.47. The molecule has 0 bridgehead atoms. The first kappa shape index (κ1) is 11.5. The predicted molar refractivity (Wildman–Crippen MR) is 46.7 cm³/mol. The lowest BCUT2D eigenvalue weighted by Gasteiger charge is -2.02. The van der Waals surface area contributed by atoms with Crippen molar-refractivity contribution in [1.29, 1.82) is 0 Å². The maximum Gasteiger partial charge on any atom is 0.356 e. The van der Waals surface area contributed by atoms with Crippen LogP contribution in [0.15, 0.2) is 11.1 Å². The van der Waals surface area contributed by atoms with Crippen LogP contribution in [0.3, 0.4) is 0 Å². The van der Waals surface area contributed by atoms with Crippen molar-refractivity contribution in [3.8, 4) is 0 Å². The summed E-state index contributed by atoms with van der Waals surface area (Å²) in [5, 5.41) is 8.64. The lowest BCUT2D eigenvalue weighted by molar-refractivity contribution is 0.0684. The average molecular weight is 233 g/mol. The molecule has 0 saturated heterocycles. The van der Waals surface area contributed by atoms with Crippen molar-refractivity contribution in [3.05, 3.63) is 17.7 Å². The van der Waals surface area contributed by atoms with E-state index in [2.05, 4.69) is 9.97 Å². The van der Waals surface area contributed by atoms with Gasteiger partial charge in [-0.1, -0.05) is 0 Å². The van der Waals surface area contributed by atoms with Gasteiger partial charge >= 0.3 is 5.97 Å². The predicted octanol–water partition coefficient (Wildman–Crippen LogP) is -1.12. The average Bonchev–Trinajstić information content (AvgIpc) is 2.15. The Labute approximate surface area is 84.5 Å². The van der Waals surface area contributed by atoms with Gasteiger partial charge in [-0.2, -0.15) is 8.42 Å². The van der Waals surface area contributed by atoms with Gasteiger partial charge in [0.1, 0.15) is 10.7 Å². The van der Waals surface area contributed by atoms with Gasteiger partial charge in [-0.05, 0) is 0 Å². The molecule has 0 unspecified atom stereocenters. The molecular formula is C6H7N3O5S. The normalized spacial score (nSPS) is 11.3. The summed E-state index contributed by atoms with van der Waals surface area (Å²) in [7, 11) is -4.65. The molecule has 1 aromatic heterocycles. The zero-order valence-electron chi connectivity index (χ0n) is 7.28. The molecule has 0 aliphatic carbocycles. The lowest BCUT2D eigenvalue weighted by Crippen LogP contribution is -2.15. The number of hydrogen-bond donors (Lipinski definition) is 3. The second kappa shape index (κ2) is 3.88. The maximum absolute atomic E-state index is 10.7. The zero-order chi connectivity index (χ0) is 11.6. The van der Waals surface area contributed by atoms with E-state index in [0.717, 1.165) is 0 Å². The van der Waals surface area contributed by atoms with Crippen LogP contribution in [0.5, 0.6) is 0 Å². The summed E-state index contributed by atoms with van der Waals surface area (Å²) in [5.41, 5.74) is 4.35. The van der Waals surface area contributed by atoms with Gasteiger partial charge < -0.3 is 10.8 Å². The molecule has 82 valence electrons. The Balaban J connectivity index is 3.48. The van der Waals surface area contributed by atoms with Crippen molar-refractivity contribution in [2.75, 3.05) is 0 Å². The van der Waals surface area contributed by atoms with Gasteiger partial charge in [0.15, 0.2) is 5.69 Å². The van der Waals surface area contributed by atoms with Crippen molar-refractivity contribution in [2.24, 2.45) is 5.73 Å². The molecule has 0 aromatic carbocycles. The van der Waals surface area contributed by atoms with Crippen molar-refractivity contribution in [1.82, 2.24) is 9.97 Å². The number of aromatic carboxylic acids is 1. The molecule has 0 fully saturated rings. The Morgan fingerprint density at radius 1 is 1.53 bits per heavy atom. The Bertz CT molecular complexity index is 497. The second-order valence-corrected chi connectivity index (χ2v) is 3.87. The van der Waals surface area contributed by atoms with Crippen LogP contribution in [0.1, 0.15) is 16.3 Å². The summed E-state index contributed by atoms with van der Waals surface area (Å²) in [6, 6.07) is 0. The highest BCUT2D eigenvalue weighted by Gasteiger charge is 2.22. The topological polar surface area (TPSA) is 143 Å². The minimum absolute atomic E-state index is 0.0280. The van der Waals surface area contributed by atoms with E-state index in [1.165, 1.54) is 0 Å². The number of nitrogens with zero attached hydrogens (tertiary/aromatic N) is 2. The van der Waals surface area contributed by atoms with Crippen LogP contribution in [-0.2, 0) is 16.7 Å². The summed E-state index contributed by atoms with van der Waals surface area (Å²) in [4.78, 5) is 16.6. The Hall–Kier alpha value is -1.58. The standard InChI is InChI=1S/C6H7N3O5S/c7-1-4-8-2-3(15(12,13)14)5(9-4)6(10)11/h2H,1,7H2,(H,10,11)(H,12,13,14). The van der Waals surface area contributed by atoms with Gasteiger partial charge in [0.25, 0.3) is 10.1 Å². The van der Waals surface area contributed by atoms with Crippen LogP contribution < -0.4 is 5.73 Å². The highest BCUT2D eigenvalue weighted by atomic mass is 32.2. The molecule has 15 heavy (non-hydrogen) atoms. The molecule has 0 spiro atoms. The molecule has 0 atom stereocenters. The van der Waals surface area contributed by atoms with E-state index in [9.17, 15) is 13.2 Å². The van der Waals surface area contributed by atoms with Gasteiger partial charge in [-0.15, -0.1) is 0 Å². The molecule has 0 amide bonds. The molecule has 8 nitrogen and oxygen atoms in total. The maximum atomic E-state index is 10.7. The van der Waals surface area contributed by atoms with Crippen LogP contribution in [0, 0.1) is 0 Å². The van der Waals surface area contributed by atoms with E-state index in [4.69, 9.17) is 15.4 Å². The minimum atomic E-state index is -4.65. The summed E-state index contributed by atoms with van der Waals surface area (Å²) >= 11 is 0. The molecular weight excluding hydrogens is 226 g/mol. The number of hydrogen-bond acceptors (Lipinski definition) is 6. The number of carboxylic acids is 1. The molecule has 9 heteroatoms. The minimum Gasteiger partial charge on any atom is -0.476 e. The van der Waals surface area contributed by atoms with Gasteiger partial charge in [0.2, 0.25) is 0 Å². The van der Waals surface area contributed by atoms with Crippen molar-refractivity contribution in [3.63, 3.8) is 0 Å². The summed E-state index contributed by atoms with van der Waals surface area (Å²) in [6.07, 6.45) is 0.702. The number of carbonyl (C=O) groups is 1. The first-order valence-corrected chi connectivity index (χ1v) is 5.07. The fourth-order valence-corrected chi connectivity index (χ4v) is 1.41. The van der Waals surface area contributed by atoms with Crippen molar-refractivity contribution in [2.45, 2.75) is 11.4 Å². The Kier molecular flexibility index (Phi) is 2.98. The van der Waals surface area contributed by atoms with Gasteiger partial charge in [0.05, 0.1) is 12.7 Å². The fraction of sp³-hybridized carbons (Fsp3) is 0.167. The number of nitrogens with two attached hydrogens (primary N) is 1. The smallest absolute Gasteiger partial charge is 0.356 e. The van der Waals surface area contributed by atoms with Gasteiger partial charge in [-0.3, -0.25) is 4.55 Å². The number of rotatable bonds is 3. The van der Waals surface area contributed by atoms with Crippen LogP contribution in [0.25, 0.3) is 0 Å². The Morgan fingerprint density at radius 3 is 2.53 bits per heavy atom. The number of carboxylic acid groups (broad SMARTS) is 1. The van der Waals surface area contributed by atoms with Gasteiger partial charge in [-0.25, -0.2) is 14.8 Å². The van der Waals surface area contributed by atoms with E-state index >= 15 is 0 Å². The van der Waals surface area contributed by atoms with Crippen LogP contribution >= 0.6 is 0 Å². The van der Waals surface area contributed by atoms with Crippen molar-refractivity contribution < 1.29 is 22.9 Å². The lowest BCUT2D eigenvalue weighted by atomic mass is 10.4. The fourth-order valence-electron chi connectivity index (χ4n) is 0.848. The van der Waals surface area contributed by atoms with Crippen LogP contribution in [-0.4, -0.2) is 34.0 Å². The van der Waals surface area contributed by atoms with E-state index in [-0.39, 0.29) is 12.4 Å². The first-order chi connectivity index (χ1) is 6.86. The summed E-state index contributed by atoms with van der Waals surface area (Å²) in [5.74, 6) is -1.61. The van der Waals surface area contributed by atoms with Crippen LogP contribution in [0.2, 0.25) is 0 Å². The highest BCUT2D eigenvalue weighted by molar-refractivity contribution is 7.85. The van der Waals surface area contributed by atoms with E-state index in [1.54, 1.807) is 0 Å². The first-order valence-electron chi connectivity index (χ1n) is 3.63. The molecule has 0 aliphatic heterocycles. The summed E-state index contributed by atoms with van der Waals surface area (Å²) < 4.78 is 30.2. The third-order valence-corrected chi connectivity index (χ3v) is 2.32. The molecule has 1 aromatic rings. The molecule has 0 radical (unpaired) electrons. The monoisotopic (exact) mass is 233 g/mol. The molecule has 0 aliphatic rings. The van der Waals surface area contributed by atoms with Crippen LogP contribution in [0.4, 0.5) is 0 Å². The molecule has 1 rings (SSSR count). The third kappa shape index (κ3) is 2.46. The Morgan fingerprint density at radius 2 is 2.13 bits per heavy atom. The number of aromatic nitrogens is 2. The summed E-state index contributed by atoms with van der Waals surface area (Å²) in [6.45, 7) is -0.133. The van der Waals surface area contributed by atoms with Crippen molar-refractivity contribution >= 4 is 16.1 Å². The molecule has 0 saturated carbocycles. The van der Waals surface area contributed by atoms with E-state index in [0.29, 0.717) is 6.20 Å². The zero-order valence-corrected chi connectivity index (χ0v) is 8.10. The largest absolute Gasteiger partial charge is 0.476 e. The molecule has 1 heterocycles. The highest BCUT2D eigenvalue weighted by Crippen LogP contribution is 2.12.